The maximum absolute atomic E-state index is 12.4. The fourth-order valence-electron chi connectivity index (χ4n) is 2.84. The summed E-state index contributed by atoms with van der Waals surface area (Å²) >= 11 is 0. The molecule has 1 atom stereocenters. The average Bonchev–Trinajstić information content (AvgIpc) is 2.68. The van der Waals surface area contributed by atoms with Gasteiger partial charge >= 0.3 is 5.97 Å². The maximum Gasteiger partial charge on any atom is 0.326 e. The minimum Gasteiger partial charge on any atom is -0.465 e. The largest absolute Gasteiger partial charge is 0.465 e. The number of ether oxygens (including phenoxy) is 1. The summed E-state index contributed by atoms with van der Waals surface area (Å²) in [5.74, 6) is -0.177. The molecule has 1 N–H and O–H groups in total. The lowest BCUT2D eigenvalue weighted by molar-refractivity contribution is -0.151. The SMILES string of the molecule is CCCN1CCCC(NCCN=[N+]=[N-])(C(=O)OCC)CC1. The van der Waals surface area contributed by atoms with Crippen molar-refractivity contribution < 1.29 is 9.53 Å². The number of hydrogen-bond acceptors (Lipinski definition) is 5. The lowest BCUT2D eigenvalue weighted by Crippen LogP contribution is -2.54. The molecule has 0 aromatic heterocycles. The molecule has 1 heterocycles. The molecule has 1 aliphatic rings. The Labute approximate surface area is 126 Å². The van der Waals surface area contributed by atoms with Gasteiger partial charge in [0.05, 0.1) is 6.61 Å². The Kier molecular flexibility index (Phi) is 8.12. The van der Waals surface area contributed by atoms with Gasteiger partial charge in [-0.2, -0.15) is 0 Å². The van der Waals surface area contributed by atoms with E-state index in [9.17, 15) is 4.79 Å². The van der Waals surface area contributed by atoms with Crippen molar-refractivity contribution in [2.45, 2.75) is 45.1 Å². The number of hydrogen-bond donors (Lipinski definition) is 1. The molecule has 0 aromatic carbocycles. The van der Waals surface area contributed by atoms with Gasteiger partial charge in [0.1, 0.15) is 5.54 Å². The van der Waals surface area contributed by atoms with Crippen LogP contribution < -0.4 is 5.32 Å². The van der Waals surface area contributed by atoms with Crippen molar-refractivity contribution in [1.29, 1.82) is 0 Å². The highest BCUT2D eigenvalue weighted by molar-refractivity contribution is 5.81. The summed E-state index contributed by atoms with van der Waals surface area (Å²) < 4.78 is 5.27. The third-order valence-electron chi connectivity index (χ3n) is 3.88. The van der Waals surface area contributed by atoms with Crippen LogP contribution in [0.4, 0.5) is 0 Å². The van der Waals surface area contributed by atoms with Gasteiger partial charge < -0.3 is 15.0 Å². The minimum absolute atomic E-state index is 0.177. The molecule has 1 unspecified atom stereocenters. The van der Waals surface area contributed by atoms with Crippen LogP contribution in [0.2, 0.25) is 0 Å². The van der Waals surface area contributed by atoms with Gasteiger partial charge in [-0.05, 0) is 51.2 Å². The van der Waals surface area contributed by atoms with Crippen LogP contribution in [0.15, 0.2) is 5.11 Å². The zero-order chi connectivity index (χ0) is 15.6. The maximum atomic E-state index is 12.4. The standard InChI is InChI=1S/C14H27N5O2/c1-3-10-19-11-5-6-14(7-12-19,13(20)21-4-2)16-8-9-17-18-15/h16H,3-12H2,1-2H3. The van der Waals surface area contributed by atoms with E-state index in [1.54, 1.807) is 0 Å². The van der Waals surface area contributed by atoms with Crippen molar-refractivity contribution in [3.8, 4) is 0 Å². The molecule has 0 aliphatic carbocycles. The number of carbonyl (C=O) groups excluding carboxylic acids is 1. The topological polar surface area (TPSA) is 90.3 Å². The van der Waals surface area contributed by atoms with Crippen LogP contribution in [0.25, 0.3) is 10.4 Å². The molecule has 0 bridgehead atoms. The van der Waals surface area contributed by atoms with E-state index in [1.165, 1.54) is 0 Å². The van der Waals surface area contributed by atoms with Gasteiger partial charge in [-0.1, -0.05) is 12.0 Å². The highest BCUT2D eigenvalue weighted by atomic mass is 16.5. The van der Waals surface area contributed by atoms with E-state index in [0.29, 0.717) is 19.7 Å². The summed E-state index contributed by atoms with van der Waals surface area (Å²) in [5.41, 5.74) is 7.70. The summed E-state index contributed by atoms with van der Waals surface area (Å²) in [6.45, 7) is 8.20. The first kappa shape index (κ1) is 17.8. The molecule has 1 saturated heterocycles. The van der Waals surface area contributed by atoms with Crippen molar-refractivity contribution in [2.24, 2.45) is 5.11 Å². The number of rotatable bonds is 8. The number of nitrogens with zero attached hydrogens (tertiary/aromatic N) is 4. The Bertz CT molecular complexity index is 370. The molecule has 1 fully saturated rings. The minimum atomic E-state index is -0.635. The second-order valence-corrected chi connectivity index (χ2v) is 5.38. The molecular formula is C14H27N5O2. The molecular weight excluding hydrogens is 270 g/mol. The Morgan fingerprint density at radius 1 is 1.43 bits per heavy atom. The lowest BCUT2D eigenvalue weighted by Gasteiger charge is -2.31. The van der Waals surface area contributed by atoms with Crippen LogP contribution in [-0.2, 0) is 9.53 Å². The van der Waals surface area contributed by atoms with Crippen molar-refractivity contribution in [2.75, 3.05) is 39.3 Å². The van der Waals surface area contributed by atoms with E-state index in [1.807, 2.05) is 6.92 Å². The first-order chi connectivity index (χ1) is 10.2. The van der Waals surface area contributed by atoms with Crippen molar-refractivity contribution in [3.05, 3.63) is 10.4 Å². The number of carbonyl (C=O) groups is 1. The third kappa shape index (κ3) is 5.53. The van der Waals surface area contributed by atoms with Crippen LogP contribution in [0.1, 0.15) is 39.5 Å². The molecule has 7 heteroatoms. The van der Waals surface area contributed by atoms with Crippen molar-refractivity contribution in [3.63, 3.8) is 0 Å². The number of nitrogens with one attached hydrogen (secondary N) is 1. The van der Waals surface area contributed by atoms with Gasteiger partial charge in [-0.15, -0.1) is 0 Å². The van der Waals surface area contributed by atoms with E-state index in [4.69, 9.17) is 10.3 Å². The zero-order valence-electron chi connectivity index (χ0n) is 13.2. The fraction of sp³-hybridized carbons (Fsp3) is 0.929. The summed E-state index contributed by atoms with van der Waals surface area (Å²) in [7, 11) is 0. The molecule has 120 valence electrons. The lowest BCUT2D eigenvalue weighted by atomic mass is 9.90. The zero-order valence-corrected chi connectivity index (χ0v) is 13.2. The Morgan fingerprint density at radius 3 is 2.90 bits per heavy atom. The van der Waals surface area contributed by atoms with Crippen molar-refractivity contribution in [1.82, 2.24) is 10.2 Å². The van der Waals surface area contributed by atoms with Gasteiger partial charge in [-0.25, -0.2) is 0 Å². The Hall–Kier alpha value is -1.30. The third-order valence-corrected chi connectivity index (χ3v) is 3.88. The second kappa shape index (κ2) is 9.60. The molecule has 0 saturated carbocycles. The molecule has 0 spiro atoms. The first-order valence-corrected chi connectivity index (χ1v) is 7.84. The number of azide groups is 1. The summed E-state index contributed by atoms with van der Waals surface area (Å²) in [6, 6.07) is 0. The van der Waals surface area contributed by atoms with Gasteiger partial charge in [-0.3, -0.25) is 4.79 Å². The molecule has 0 amide bonds. The summed E-state index contributed by atoms with van der Waals surface area (Å²) in [4.78, 5) is 17.5. The second-order valence-electron chi connectivity index (χ2n) is 5.38. The normalized spacial score (nSPS) is 23.1. The molecule has 7 nitrogen and oxygen atoms in total. The van der Waals surface area contributed by atoms with E-state index >= 15 is 0 Å². The molecule has 1 aliphatic heterocycles. The monoisotopic (exact) mass is 297 g/mol. The molecule has 21 heavy (non-hydrogen) atoms. The van der Waals surface area contributed by atoms with Crippen LogP contribution in [0.3, 0.4) is 0 Å². The Morgan fingerprint density at radius 2 is 2.24 bits per heavy atom. The molecule has 0 radical (unpaired) electrons. The molecule has 0 aromatic rings. The van der Waals surface area contributed by atoms with Crippen LogP contribution in [-0.4, -0.2) is 55.7 Å². The van der Waals surface area contributed by atoms with Gasteiger partial charge in [0, 0.05) is 24.5 Å². The quantitative estimate of drug-likeness (QED) is 0.244. The Balaban J connectivity index is 2.71. The van der Waals surface area contributed by atoms with Crippen LogP contribution in [0.5, 0.6) is 0 Å². The predicted molar refractivity (Wildman–Crippen MR) is 82.0 cm³/mol. The van der Waals surface area contributed by atoms with E-state index in [-0.39, 0.29) is 5.97 Å². The highest BCUT2D eigenvalue weighted by Crippen LogP contribution is 2.24. The number of likely N-dealkylation sites (tertiary alicyclic amines) is 1. The fourth-order valence-corrected chi connectivity index (χ4v) is 2.84. The van der Waals surface area contributed by atoms with Crippen molar-refractivity contribution >= 4 is 5.97 Å². The van der Waals surface area contributed by atoms with Gasteiger partial charge in [0.15, 0.2) is 0 Å². The smallest absolute Gasteiger partial charge is 0.326 e. The summed E-state index contributed by atoms with van der Waals surface area (Å²) in [5, 5.41) is 6.81. The average molecular weight is 297 g/mol. The molecule has 1 rings (SSSR count). The van der Waals surface area contributed by atoms with E-state index in [0.717, 1.165) is 45.3 Å². The number of esters is 1. The van der Waals surface area contributed by atoms with Gasteiger partial charge in [0.25, 0.3) is 0 Å². The van der Waals surface area contributed by atoms with Crippen LogP contribution in [0, 0.1) is 0 Å². The van der Waals surface area contributed by atoms with E-state index < -0.39 is 5.54 Å². The first-order valence-electron chi connectivity index (χ1n) is 7.84. The van der Waals surface area contributed by atoms with Gasteiger partial charge in [0.2, 0.25) is 0 Å². The highest BCUT2D eigenvalue weighted by Gasteiger charge is 2.40. The van der Waals surface area contributed by atoms with Crippen LogP contribution >= 0.6 is 0 Å². The van der Waals surface area contributed by atoms with E-state index in [2.05, 4.69) is 27.2 Å². The predicted octanol–water partition coefficient (Wildman–Crippen LogP) is 2.08. The summed E-state index contributed by atoms with van der Waals surface area (Å²) in [6.07, 6.45) is 3.59.